The molecule has 0 saturated heterocycles. The van der Waals surface area contributed by atoms with Gasteiger partial charge in [0.1, 0.15) is 0 Å². The highest BCUT2D eigenvalue weighted by atomic mass is 16.2. The van der Waals surface area contributed by atoms with E-state index in [2.05, 4.69) is 10.6 Å². The molecule has 0 atom stereocenters. The van der Waals surface area contributed by atoms with Crippen molar-refractivity contribution in [3.05, 3.63) is 48.0 Å². The Morgan fingerprint density at radius 3 is 2.48 bits per heavy atom. The van der Waals surface area contributed by atoms with E-state index in [1.165, 1.54) is 0 Å². The number of carbonyl (C=O) groups is 2. The van der Waals surface area contributed by atoms with E-state index in [-0.39, 0.29) is 24.8 Å². The molecule has 2 aromatic carbocycles. The van der Waals surface area contributed by atoms with E-state index in [9.17, 15) is 9.59 Å². The van der Waals surface area contributed by atoms with Crippen LogP contribution in [0.3, 0.4) is 0 Å². The van der Waals surface area contributed by atoms with Gasteiger partial charge in [-0.25, -0.2) is 0 Å². The molecule has 0 saturated carbocycles. The van der Waals surface area contributed by atoms with Crippen molar-refractivity contribution in [2.75, 3.05) is 13.1 Å². The van der Waals surface area contributed by atoms with Crippen molar-refractivity contribution in [3.63, 3.8) is 0 Å². The smallest absolute Gasteiger partial charge is 0.239 e. The molecule has 0 bridgehead atoms. The summed E-state index contributed by atoms with van der Waals surface area (Å²) in [5, 5.41) is 7.58. The monoisotopic (exact) mass is 313 g/mol. The van der Waals surface area contributed by atoms with E-state index < -0.39 is 5.54 Å². The summed E-state index contributed by atoms with van der Waals surface area (Å²) in [6.07, 6.45) is 0.245. The van der Waals surface area contributed by atoms with Gasteiger partial charge in [-0.15, -0.1) is 0 Å². The Morgan fingerprint density at radius 1 is 1.04 bits per heavy atom. The van der Waals surface area contributed by atoms with Gasteiger partial charge < -0.3 is 16.4 Å². The molecule has 0 aromatic heterocycles. The number of benzene rings is 2. The van der Waals surface area contributed by atoms with E-state index in [0.717, 1.165) is 16.3 Å². The van der Waals surface area contributed by atoms with Crippen LogP contribution < -0.4 is 16.4 Å². The van der Waals surface area contributed by atoms with E-state index in [0.29, 0.717) is 6.54 Å². The van der Waals surface area contributed by atoms with E-state index in [1.807, 2.05) is 56.3 Å². The van der Waals surface area contributed by atoms with Crippen LogP contribution in [0, 0.1) is 0 Å². The van der Waals surface area contributed by atoms with Crippen molar-refractivity contribution in [1.29, 1.82) is 0 Å². The zero-order valence-electron chi connectivity index (χ0n) is 13.6. The highest BCUT2D eigenvalue weighted by Crippen LogP contribution is 2.18. The molecule has 4 N–H and O–H groups in total. The molecule has 2 rings (SSSR count). The Hall–Kier alpha value is -2.40. The highest BCUT2D eigenvalue weighted by molar-refractivity contribution is 5.91. The number of hydrogen-bond acceptors (Lipinski definition) is 3. The third-order valence-electron chi connectivity index (χ3n) is 3.67. The molecule has 5 nitrogen and oxygen atoms in total. The van der Waals surface area contributed by atoms with Gasteiger partial charge in [-0.2, -0.15) is 0 Å². The van der Waals surface area contributed by atoms with Crippen LogP contribution in [0.2, 0.25) is 0 Å². The average molecular weight is 313 g/mol. The SMILES string of the molecule is CC(C)(CN)NC(=O)CNC(=O)Cc1cccc2ccccc12. The first-order valence-corrected chi connectivity index (χ1v) is 7.66. The predicted octanol–water partition coefficient (Wildman–Crippen LogP) is 1.35. The molecule has 0 aliphatic rings. The first-order valence-electron chi connectivity index (χ1n) is 7.66. The van der Waals surface area contributed by atoms with Gasteiger partial charge in [0.2, 0.25) is 11.8 Å². The normalized spacial score (nSPS) is 11.3. The molecule has 0 fully saturated rings. The number of nitrogens with two attached hydrogens (primary N) is 1. The van der Waals surface area contributed by atoms with Gasteiger partial charge in [-0.1, -0.05) is 42.5 Å². The number of amides is 2. The standard InChI is InChI=1S/C18H23N3O2/c1-18(2,12-19)21-17(23)11-20-16(22)10-14-8-5-7-13-6-3-4-9-15(13)14/h3-9H,10-12,19H2,1-2H3,(H,20,22)(H,21,23). The maximum Gasteiger partial charge on any atom is 0.239 e. The number of carbonyl (C=O) groups excluding carboxylic acids is 2. The van der Waals surface area contributed by atoms with Crippen molar-refractivity contribution in [3.8, 4) is 0 Å². The molecule has 0 spiro atoms. The van der Waals surface area contributed by atoms with E-state index in [1.54, 1.807) is 0 Å². The second-order valence-corrected chi connectivity index (χ2v) is 6.23. The van der Waals surface area contributed by atoms with E-state index in [4.69, 9.17) is 5.73 Å². The molecular formula is C18H23N3O2. The van der Waals surface area contributed by atoms with Gasteiger partial charge >= 0.3 is 0 Å². The highest BCUT2D eigenvalue weighted by Gasteiger charge is 2.18. The maximum atomic E-state index is 12.1. The summed E-state index contributed by atoms with van der Waals surface area (Å²) < 4.78 is 0. The van der Waals surface area contributed by atoms with Crippen molar-refractivity contribution in [2.24, 2.45) is 5.73 Å². The predicted molar refractivity (Wildman–Crippen MR) is 91.9 cm³/mol. The minimum atomic E-state index is -0.475. The Kier molecular flexibility index (Phi) is 5.34. The minimum absolute atomic E-state index is 0.0486. The Bertz CT molecular complexity index is 705. The van der Waals surface area contributed by atoms with Crippen LogP contribution in [0.5, 0.6) is 0 Å². The van der Waals surface area contributed by atoms with Crippen molar-refractivity contribution in [1.82, 2.24) is 10.6 Å². The molecule has 23 heavy (non-hydrogen) atoms. The van der Waals surface area contributed by atoms with Crippen LogP contribution in [0.4, 0.5) is 0 Å². The van der Waals surface area contributed by atoms with Crippen LogP contribution in [0.25, 0.3) is 10.8 Å². The summed E-state index contributed by atoms with van der Waals surface area (Å²) in [5.74, 6) is -0.422. The van der Waals surface area contributed by atoms with Gasteiger partial charge in [-0.05, 0) is 30.2 Å². The summed E-state index contributed by atoms with van der Waals surface area (Å²) in [5.41, 5.74) is 6.04. The molecule has 2 amide bonds. The van der Waals surface area contributed by atoms with Crippen LogP contribution in [-0.2, 0) is 16.0 Å². The van der Waals surface area contributed by atoms with Crippen molar-refractivity contribution < 1.29 is 9.59 Å². The fraction of sp³-hybridized carbons (Fsp3) is 0.333. The zero-order chi connectivity index (χ0) is 16.9. The van der Waals surface area contributed by atoms with Gasteiger partial charge in [0.25, 0.3) is 0 Å². The van der Waals surface area contributed by atoms with Crippen molar-refractivity contribution >= 4 is 22.6 Å². The first-order chi connectivity index (χ1) is 10.9. The second-order valence-electron chi connectivity index (χ2n) is 6.23. The van der Waals surface area contributed by atoms with Crippen LogP contribution in [0.1, 0.15) is 19.4 Å². The zero-order valence-corrected chi connectivity index (χ0v) is 13.6. The lowest BCUT2D eigenvalue weighted by molar-refractivity contribution is -0.126. The lowest BCUT2D eigenvalue weighted by atomic mass is 10.0. The fourth-order valence-electron chi connectivity index (χ4n) is 2.33. The number of hydrogen-bond donors (Lipinski definition) is 3. The van der Waals surface area contributed by atoms with Gasteiger partial charge in [0.05, 0.1) is 13.0 Å². The van der Waals surface area contributed by atoms with Crippen molar-refractivity contribution in [2.45, 2.75) is 25.8 Å². The quantitative estimate of drug-likeness (QED) is 0.753. The number of fused-ring (bicyclic) bond motifs is 1. The largest absolute Gasteiger partial charge is 0.348 e. The molecule has 5 heteroatoms. The molecule has 0 aliphatic heterocycles. The summed E-state index contributed by atoms with van der Waals surface area (Å²) in [7, 11) is 0. The fourth-order valence-corrected chi connectivity index (χ4v) is 2.33. The van der Waals surface area contributed by atoms with Crippen LogP contribution >= 0.6 is 0 Å². The third kappa shape index (κ3) is 4.79. The molecule has 2 aromatic rings. The average Bonchev–Trinajstić information content (AvgIpc) is 2.53. The maximum absolute atomic E-state index is 12.1. The minimum Gasteiger partial charge on any atom is -0.348 e. The third-order valence-corrected chi connectivity index (χ3v) is 3.67. The van der Waals surface area contributed by atoms with E-state index >= 15 is 0 Å². The Morgan fingerprint density at radius 2 is 1.74 bits per heavy atom. The molecule has 0 heterocycles. The summed E-state index contributed by atoms with van der Waals surface area (Å²) >= 11 is 0. The number of rotatable bonds is 6. The summed E-state index contributed by atoms with van der Waals surface area (Å²) in [6, 6.07) is 13.8. The lowest BCUT2D eigenvalue weighted by Gasteiger charge is -2.24. The number of nitrogens with one attached hydrogen (secondary N) is 2. The Balaban J connectivity index is 1.93. The second kappa shape index (κ2) is 7.24. The van der Waals surface area contributed by atoms with Crippen LogP contribution in [0.15, 0.2) is 42.5 Å². The molecule has 0 aliphatic carbocycles. The first kappa shape index (κ1) is 17.0. The molecule has 0 radical (unpaired) electrons. The lowest BCUT2D eigenvalue weighted by Crippen LogP contribution is -2.51. The molecule has 0 unspecified atom stereocenters. The molecule has 122 valence electrons. The summed E-state index contributed by atoms with van der Waals surface area (Å²) in [6.45, 7) is 3.96. The topological polar surface area (TPSA) is 84.2 Å². The Labute approximate surface area is 136 Å². The van der Waals surface area contributed by atoms with Crippen LogP contribution in [-0.4, -0.2) is 30.4 Å². The van der Waals surface area contributed by atoms with Gasteiger partial charge in [-0.3, -0.25) is 9.59 Å². The van der Waals surface area contributed by atoms with Gasteiger partial charge in [0, 0.05) is 12.1 Å². The molecular weight excluding hydrogens is 290 g/mol. The summed E-state index contributed by atoms with van der Waals surface area (Å²) in [4.78, 5) is 23.9. The van der Waals surface area contributed by atoms with Gasteiger partial charge in [0.15, 0.2) is 0 Å².